The number of hydrazine groups is 1. The predicted molar refractivity (Wildman–Crippen MR) is 79.3 cm³/mol. The lowest BCUT2D eigenvalue weighted by molar-refractivity contribution is -0.123. The van der Waals surface area contributed by atoms with Crippen LogP contribution < -0.4 is 21.1 Å². The number of carbonyl (C=O) groups excluding carboxylic acids is 2. The zero-order chi connectivity index (χ0) is 16.7. The van der Waals surface area contributed by atoms with Crippen molar-refractivity contribution in [1.82, 2.24) is 15.8 Å². The van der Waals surface area contributed by atoms with Crippen LogP contribution in [0, 0.1) is 11.3 Å². The molecule has 2 amide bonds. The number of nitrogens with zero attached hydrogens (tertiary/aromatic N) is 1. The topological polar surface area (TPSA) is 124 Å². The van der Waals surface area contributed by atoms with Crippen molar-refractivity contribution in [2.75, 3.05) is 6.61 Å². The van der Waals surface area contributed by atoms with E-state index in [1.54, 1.807) is 24.3 Å². The summed E-state index contributed by atoms with van der Waals surface area (Å²) in [6.45, 7) is -0.399. The van der Waals surface area contributed by atoms with Gasteiger partial charge in [-0.3, -0.25) is 25.2 Å². The molecule has 0 radical (unpaired) electrons. The third-order valence-corrected chi connectivity index (χ3v) is 2.74. The summed E-state index contributed by atoms with van der Waals surface area (Å²) >= 11 is 0. The number of para-hydroxylation sites is 1. The van der Waals surface area contributed by atoms with Gasteiger partial charge in [-0.15, -0.1) is 0 Å². The van der Waals surface area contributed by atoms with Crippen molar-refractivity contribution in [2.45, 2.75) is 0 Å². The SMILES string of the molecule is N#Cc1ccccc1OCC(=O)NNC(=O)c1ccc[nH]c1=O. The van der Waals surface area contributed by atoms with Gasteiger partial charge in [0.2, 0.25) is 0 Å². The molecular formula is C15H12N4O4. The van der Waals surface area contributed by atoms with Gasteiger partial charge >= 0.3 is 0 Å². The summed E-state index contributed by atoms with van der Waals surface area (Å²) in [5.41, 5.74) is 3.80. The van der Waals surface area contributed by atoms with Gasteiger partial charge in [-0.05, 0) is 24.3 Å². The van der Waals surface area contributed by atoms with Crippen molar-refractivity contribution < 1.29 is 14.3 Å². The number of rotatable bonds is 4. The van der Waals surface area contributed by atoms with Gasteiger partial charge in [-0.25, -0.2) is 0 Å². The minimum absolute atomic E-state index is 0.136. The summed E-state index contributed by atoms with van der Waals surface area (Å²) in [6.07, 6.45) is 1.39. The number of nitrogens with one attached hydrogen (secondary N) is 3. The van der Waals surface area contributed by atoms with Crippen molar-refractivity contribution in [3.8, 4) is 11.8 Å². The average molecular weight is 312 g/mol. The van der Waals surface area contributed by atoms with E-state index in [0.29, 0.717) is 5.56 Å². The zero-order valence-electron chi connectivity index (χ0n) is 11.8. The van der Waals surface area contributed by atoms with Crippen LogP contribution in [0.4, 0.5) is 0 Å². The Morgan fingerprint density at radius 1 is 1.17 bits per heavy atom. The lowest BCUT2D eigenvalue weighted by atomic mass is 10.2. The molecule has 0 aliphatic heterocycles. The number of carbonyl (C=O) groups is 2. The van der Waals surface area contributed by atoms with Gasteiger partial charge < -0.3 is 9.72 Å². The summed E-state index contributed by atoms with van der Waals surface area (Å²) in [6, 6.07) is 11.2. The molecule has 23 heavy (non-hydrogen) atoms. The molecule has 3 N–H and O–H groups in total. The fourth-order valence-electron chi connectivity index (χ4n) is 1.66. The number of ether oxygens (including phenoxy) is 1. The number of nitriles is 1. The van der Waals surface area contributed by atoms with Gasteiger partial charge in [0.05, 0.1) is 5.56 Å². The van der Waals surface area contributed by atoms with Crippen LogP contribution in [0.1, 0.15) is 15.9 Å². The number of hydrogen-bond acceptors (Lipinski definition) is 5. The van der Waals surface area contributed by atoms with E-state index in [1.165, 1.54) is 18.3 Å². The van der Waals surface area contributed by atoms with Gasteiger partial charge in [-0.2, -0.15) is 5.26 Å². The molecule has 8 nitrogen and oxygen atoms in total. The number of pyridine rings is 1. The highest BCUT2D eigenvalue weighted by Gasteiger charge is 2.11. The minimum atomic E-state index is -0.752. The maximum atomic E-state index is 11.7. The molecule has 1 heterocycles. The van der Waals surface area contributed by atoms with E-state index in [0.717, 1.165) is 0 Å². The predicted octanol–water partition coefficient (Wildman–Crippen LogP) is 0.0866. The third kappa shape index (κ3) is 4.18. The van der Waals surface area contributed by atoms with Gasteiger partial charge in [0.25, 0.3) is 17.4 Å². The normalized spacial score (nSPS) is 9.52. The van der Waals surface area contributed by atoms with Crippen molar-refractivity contribution in [3.63, 3.8) is 0 Å². The van der Waals surface area contributed by atoms with Gasteiger partial charge in [0.1, 0.15) is 17.4 Å². The van der Waals surface area contributed by atoms with Crippen molar-refractivity contribution in [2.24, 2.45) is 0 Å². The largest absolute Gasteiger partial charge is 0.482 e. The van der Waals surface area contributed by atoms with Crippen LogP contribution in [-0.2, 0) is 4.79 Å². The summed E-state index contributed by atoms with van der Waals surface area (Å²) < 4.78 is 5.20. The Morgan fingerprint density at radius 2 is 1.96 bits per heavy atom. The molecule has 2 aromatic rings. The van der Waals surface area contributed by atoms with E-state index in [9.17, 15) is 14.4 Å². The summed E-state index contributed by atoms with van der Waals surface area (Å²) in [7, 11) is 0. The van der Waals surface area contributed by atoms with E-state index < -0.39 is 24.0 Å². The first-order valence-corrected chi connectivity index (χ1v) is 6.50. The van der Waals surface area contributed by atoms with Crippen LogP contribution >= 0.6 is 0 Å². The van der Waals surface area contributed by atoms with Crippen LogP contribution in [0.2, 0.25) is 0 Å². The van der Waals surface area contributed by atoms with Crippen LogP contribution in [0.3, 0.4) is 0 Å². The smallest absolute Gasteiger partial charge is 0.276 e. The van der Waals surface area contributed by atoms with Crippen LogP contribution in [-0.4, -0.2) is 23.4 Å². The highest BCUT2D eigenvalue weighted by molar-refractivity contribution is 5.95. The first kappa shape index (κ1) is 15.8. The van der Waals surface area contributed by atoms with Gasteiger partial charge in [0.15, 0.2) is 6.61 Å². The second-order valence-corrected chi connectivity index (χ2v) is 4.31. The highest BCUT2D eigenvalue weighted by atomic mass is 16.5. The number of aromatic amines is 1. The van der Waals surface area contributed by atoms with E-state index in [2.05, 4.69) is 15.8 Å². The van der Waals surface area contributed by atoms with Crippen LogP contribution in [0.5, 0.6) is 5.75 Å². The Morgan fingerprint density at radius 3 is 2.70 bits per heavy atom. The molecule has 0 fully saturated rings. The molecule has 2 rings (SSSR count). The van der Waals surface area contributed by atoms with E-state index in [4.69, 9.17) is 10.00 Å². The Hall–Kier alpha value is -3.60. The number of aromatic nitrogens is 1. The maximum Gasteiger partial charge on any atom is 0.276 e. The van der Waals surface area contributed by atoms with Crippen LogP contribution in [0.15, 0.2) is 47.4 Å². The molecule has 0 bridgehead atoms. The highest BCUT2D eigenvalue weighted by Crippen LogP contribution is 2.15. The quantitative estimate of drug-likeness (QED) is 0.690. The zero-order valence-corrected chi connectivity index (χ0v) is 11.8. The molecule has 116 valence electrons. The molecule has 0 unspecified atom stereocenters. The maximum absolute atomic E-state index is 11.7. The molecule has 8 heteroatoms. The molecule has 0 atom stereocenters. The van der Waals surface area contributed by atoms with Gasteiger partial charge in [0, 0.05) is 6.20 Å². The molecule has 1 aromatic carbocycles. The Bertz CT molecular complexity index is 822. The number of hydrogen-bond donors (Lipinski definition) is 3. The summed E-state index contributed by atoms with van der Waals surface area (Å²) in [4.78, 5) is 37.1. The molecule has 1 aromatic heterocycles. The first-order valence-electron chi connectivity index (χ1n) is 6.50. The second-order valence-electron chi connectivity index (χ2n) is 4.31. The lowest BCUT2D eigenvalue weighted by Gasteiger charge is -2.09. The fourth-order valence-corrected chi connectivity index (χ4v) is 1.66. The second kappa shape index (κ2) is 7.42. The molecule has 0 aliphatic carbocycles. The summed E-state index contributed by atoms with van der Waals surface area (Å²) in [5.74, 6) is -1.13. The lowest BCUT2D eigenvalue weighted by Crippen LogP contribution is -2.45. The number of benzene rings is 1. The summed E-state index contributed by atoms with van der Waals surface area (Å²) in [5, 5.41) is 8.89. The molecule has 0 spiro atoms. The minimum Gasteiger partial charge on any atom is -0.482 e. The van der Waals surface area contributed by atoms with E-state index >= 15 is 0 Å². The molecule has 0 aliphatic rings. The first-order chi connectivity index (χ1) is 11.1. The Labute approximate surface area is 130 Å². The average Bonchev–Trinajstić information content (AvgIpc) is 2.58. The van der Waals surface area contributed by atoms with Gasteiger partial charge in [-0.1, -0.05) is 12.1 Å². The Balaban J connectivity index is 1.86. The Kier molecular flexibility index (Phi) is 5.09. The molecule has 0 saturated carbocycles. The monoisotopic (exact) mass is 312 g/mol. The molecular weight excluding hydrogens is 300 g/mol. The molecule has 0 saturated heterocycles. The third-order valence-electron chi connectivity index (χ3n) is 2.74. The van der Waals surface area contributed by atoms with Crippen molar-refractivity contribution in [1.29, 1.82) is 5.26 Å². The van der Waals surface area contributed by atoms with E-state index in [1.807, 2.05) is 6.07 Å². The van der Waals surface area contributed by atoms with Crippen LogP contribution in [0.25, 0.3) is 0 Å². The fraction of sp³-hybridized carbons (Fsp3) is 0.0667. The standard InChI is InChI=1S/C15H12N4O4/c16-8-10-4-1-2-6-12(10)23-9-13(20)18-19-15(22)11-5-3-7-17-14(11)21/h1-7H,9H2,(H,17,21)(H,18,20)(H,19,22). The van der Waals surface area contributed by atoms with E-state index in [-0.39, 0.29) is 11.3 Å². The number of H-pyrrole nitrogens is 1. The van der Waals surface area contributed by atoms with Crippen molar-refractivity contribution >= 4 is 11.8 Å². The van der Waals surface area contributed by atoms with Crippen molar-refractivity contribution in [3.05, 3.63) is 64.1 Å². The number of amides is 2.